The molecule has 0 aliphatic carbocycles. The molecule has 0 fully saturated rings. The molecule has 0 radical (unpaired) electrons. The van der Waals surface area contributed by atoms with Crippen molar-refractivity contribution in [2.24, 2.45) is 11.5 Å². The van der Waals surface area contributed by atoms with Gasteiger partial charge in [-0.3, -0.25) is 14.4 Å². The van der Waals surface area contributed by atoms with Crippen LogP contribution in [0.3, 0.4) is 0 Å². The van der Waals surface area contributed by atoms with Crippen LogP contribution < -0.4 is 11.5 Å². The molecule has 0 amide bonds. The number of nitrogens with two attached hydrogens (primary N) is 2. The Bertz CT molecular complexity index is 719. The highest BCUT2D eigenvalue weighted by atomic mass is 17.2. The zero-order valence-corrected chi connectivity index (χ0v) is 16.5. The summed E-state index contributed by atoms with van der Waals surface area (Å²) in [6.45, 7) is 2.04. The van der Waals surface area contributed by atoms with Crippen molar-refractivity contribution in [1.82, 2.24) is 0 Å². The number of rotatable bonds is 9. The van der Waals surface area contributed by atoms with Gasteiger partial charge in [0.1, 0.15) is 12.1 Å². The van der Waals surface area contributed by atoms with E-state index in [-0.39, 0.29) is 0 Å². The molecule has 0 aromatic carbocycles. The number of carbonyl (C=O) groups excluding carboxylic acids is 7. The van der Waals surface area contributed by atoms with E-state index in [0.717, 1.165) is 13.8 Å². The average Bonchev–Trinajstić information content (AvgIpc) is 2.67. The predicted molar refractivity (Wildman–Crippen MR) is 88.9 cm³/mol. The molecule has 0 aromatic heterocycles. The summed E-state index contributed by atoms with van der Waals surface area (Å²) in [5.74, 6) is -8.68. The first-order valence-electron chi connectivity index (χ1n) is 8.18. The Morgan fingerprint density at radius 2 is 1.23 bits per heavy atom. The van der Waals surface area contributed by atoms with Crippen molar-refractivity contribution in [2.75, 3.05) is 6.61 Å². The number of hydrogen-bond acceptors (Lipinski definition) is 16. The number of esters is 3. The van der Waals surface area contributed by atoms with Gasteiger partial charge in [-0.05, 0) is 6.92 Å². The Labute approximate surface area is 173 Å². The first-order chi connectivity index (χ1) is 14.3. The van der Waals surface area contributed by atoms with E-state index in [9.17, 15) is 33.6 Å². The van der Waals surface area contributed by atoms with Crippen molar-refractivity contribution in [3.8, 4) is 0 Å². The third kappa shape index (κ3) is 12.4. The monoisotopic (exact) mass is 452 g/mol. The van der Waals surface area contributed by atoms with E-state index in [1.165, 1.54) is 6.92 Å². The van der Waals surface area contributed by atoms with Crippen LogP contribution in [0.2, 0.25) is 0 Å². The van der Waals surface area contributed by atoms with Crippen molar-refractivity contribution >= 4 is 41.8 Å². The molecule has 3 atom stereocenters. The van der Waals surface area contributed by atoms with Crippen LogP contribution in [0.5, 0.6) is 0 Å². The first-order valence-corrected chi connectivity index (χ1v) is 8.18. The molecule has 0 heterocycles. The van der Waals surface area contributed by atoms with E-state index in [2.05, 4.69) is 33.8 Å². The van der Waals surface area contributed by atoms with Crippen LogP contribution in [0.1, 0.15) is 27.2 Å². The van der Waals surface area contributed by atoms with Gasteiger partial charge in [0.2, 0.25) is 0 Å². The molecule has 174 valence electrons. The lowest BCUT2D eigenvalue weighted by molar-refractivity contribution is -0.275. The molecule has 16 heteroatoms. The maximum Gasteiger partial charge on any atom is 0.436 e. The van der Waals surface area contributed by atoms with Crippen molar-refractivity contribution in [3.05, 3.63) is 0 Å². The van der Waals surface area contributed by atoms with Gasteiger partial charge in [0.05, 0.1) is 6.42 Å². The maximum absolute atomic E-state index is 12.0. The van der Waals surface area contributed by atoms with Crippen LogP contribution in [0.25, 0.3) is 0 Å². The van der Waals surface area contributed by atoms with Gasteiger partial charge in [0, 0.05) is 13.8 Å². The molecule has 16 nitrogen and oxygen atoms in total. The van der Waals surface area contributed by atoms with E-state index in [1.54, 1.807) is 0 Å². The molecule has 0 bridgehead atoms. The van der Waals surface area contributed by atoms with Crippen LogP contribution in [-0.2, 0) is 67.3 Å². The lowest BCUT2D eigenvalue weighted by Gasteiger charge is -2.18. The molecular weight excluding hydrogens is 432 g/mol. The predicted octanol–water partition coefficient (Wildman–Crippen LogP) is -2.95. The summed E-state index contributed by atoms with van der Waals surface area (Å²) in [7, 11) is 0. The smallest absolute Gasteiger partial charge is 0.436 e. The minimum atomic E-state index is -2.37. The largest absolute Gasteiger partial charge is 0.453 e. The molecule has 0 rings (SSSR count). The Hall–Kier alpha value is -3.79. The van der Waals surface area contributed by atoms with Crippen LogP contribution >= 0.6 is 0 Å². The SMILES string of the molecule is CC(=O)OOC(=O)COC(=O)CC(N)C(=O)OC(OC(=O)C(C)N)C(=O)OOC(C)=O. The first kappa shape index (κ1) is 27.2. The summed E-state index contributed by atoms with van der Waals surface area (Å²) in [6.07, 6.45) is -3.22. The molecule has 0 spiro atoms. The van der Waals surface area contributed by atoms with E-state index in [4.69, 9.17) is 11.5 Å². The highest BCUT2D eigenvalue weighted by Crippen LogP contribution is 2.06. The lowest BCUT2D eigenvalue weighted by atomic mass is 10.2. The molecule has 0 aliphatic heterocycles. The van der Waals surface area contributed by atoms with Crippen LogP contribution in [0, 0.1) is 0 Å². The van der Waals surface area contributed by atoms with Crippen LogP contribution in [0.4, 0.5) is 0 Å². The van der Waals surface area contributed by atoms with Crippen LogP contribution in [-0.4, -0.2) is 66.8 Å². The second-order valence-electron chi connectivity index (χ2n) is 5.47. The zero-order valence-electron chi connectivity index (χ0n) is 16.5. The molecule has 3 unspecified atom stereocenters. The Balaban J connectivity index is 4.80. The summed E-state index contributed by atoms with van der Waals surface area (Å²) in [5.41, 5.74) is 10.7. The van der Waals surface area contributed by atoms with Gasteiger partial charge in [-0.25, -0.2) is 38.7 Å². The highest BCUT2D eigenvalue weighted by Gasteiger charge is 2.34. The highest BCUT2D eigenvalue weighted by molar-refractivity contribution is 5.87. The van der Waals surface area contributed by atoms with Crippen molar-refractivity contribution in [3.63, 3.8) is 0 Å². The van der Waals surface area contributed by atoms with Crippen molar-refractivity contribution < 1.29 is 67.3 Å². The number of ether oxygens (including phenoxy) is 3. The van der Waals surface area contributed by atoms with Gasteiger partial charge in [-0.15, -0.1) is 0 Å². The Morgan fingerprint density at radius 1 is 0.710 bits per heavy atom. The lowest BCUT2D eigenvalue weighted by Crippen LogP contribution is -2.43. The van der Waals surface area contributed by atoms with E-state index < -0.39 is 73.2 Å². The fourth-order valence-electron chi connectivity index (χ4n) is 1.26. The summed E-state index contributed by atoms with van der Waals surface area (Å²) < 4.78 is 13.5. The minimum absolute atomic E-state index is 0.855. The van der Waals surface area contributed by atoms with Gasteiger partial charge in [0.15, 0.2) is 6.61 Å². The number of hydrogen-bond donors (Lipinski definition) is 2. The standard InChI is InChI=1S/C15H20N2O14/c1-6(16)12(22)26-15(14(24)31-29-8(3)19)27-13(23)9(17)4-10(20)25-5-11(21)30-28-7(2)18/h6,9,15H,4-5,16-17H2,1-3H3. The van der Waals surface area contributed by atoms with Gasteiger partial charge < -0.3 is 25.7 Å². The normalized spacial score (nSPS) is 12.8. The van der Waals surface area contributed by atoms with E-state index in [1.807, 2.05) is 0 Å². The minimum Gasteiger partial charge on any atom is -0.453 e. The molecule has 0 aromatic rings. The van der Waals surface area contributed by atoms with Crippen molar-refractivity contribution in [2.45, 2.75) is 45.6 Å². The summed E-state index contributed by atoms with van der Waals surface area (Å²) in [6, 6.07) is -2.99. The topological polar surface area (TPSA) is 236 Å². The molecular formula is C15H20N2O14. The van der Waals surface area contributed by atoms with Gasteiger partial charge in [-0.1, -0.05) is 0 Å². The van der Waals surface area contributed by atoms with Gasteiger partial charge >= 0.3 is 48.1 Å². The molecule has 4 N–H and O–H groups in total. The molecule has 0 saturated heterocycles. The van der Waals surface area contributed by atoms with E-state index >= 15 is 0 Å². The van der Waals surface area contributed by atoms with Gasteiger partial charge in [-0.2, -0.15) is 0 Å². The quantitative estimate of drug-likeness (QED) is 0.154. The second-order valence-corrected chi connectivity index (χ2v) is 5.47. The summed E-state index contributed by atoms with van der Waals surface area (Å²) in [4.78, 5) is 94.9. The average molecular weight is 452 g/mol. The third-order valence-electron chi connectivity index (χ3n) is 2.54. The second kappa shape index (κ2) is 13.4. The summed E-state index contributed by atoms with van der Waals surface area (Å²) >= 11 is 0. The van der Waals surface area contributed by atoms with Crippen molar-refractivity contribution in [1.29, 1.82) is 0 Å². The number of carbonyl (C=O) groups is 7. The fourth-order valence-corrected chi connectivity index (χ4v) is 1.26. The summed E-state index contributed by atoms with van der Waals surface area (Å²) in [5, 5.41) is 0. The third-order valence-corrected chi connectivity index (χ3v) is 2.54. The van der Waals surface area contributed by atoms with Gasteiger partial charge in [0.25, 0.3) is 0 Å². The van der Waals surface area contributed by atoms with E-state index in [0.29, 0.717) is 0 Å². The Kier molecular flexibility index (Phi) is 11.8. The fraction of sp³-hybridized carbons (Fsp3) is 0.533. The zero-order chi connectivity index (χ0) is 24.1. The molecule has 0 saturated carbocycles. The maximum atomic E-state index is 12.0. The van der Waals surface area contributed by atoms with Crippen LogP contribution in [0.15, 0.2) is 0 Å². The Morgan fingerprint density at radius 3 is 1.74 bits per heavy atom. The molecule has 0 aliphatic rings. The molecule has 31 heavy (non-hydrogen) atoms.